The molecule has 0 fully saturated rings. The zero-order valence-electron chi connectivity index (χ0n) is 61.7. The zero-order chi connectivity index (χ0) is 75.6. The van der Waals surface area contributed by atoms with Crippen molar-refractivity contribution >= 4 is 77.9 Å². The maximum Gasteiger partial charge on any atom is 0.480 e. The molecule has 548 valence electrons. The van der Waals surface area contributed by atoms with Crippen molar-refractivity contribution in [2.75, 3.05) is 16.0 Å². The van der Waals surface area contributed by atoms with Gasteiger partial charge in [0.15, 0.2) is 37.7 Å². The van der Waals surface area contributed by atoms with Gasteiger partial charge in [-0.05, 0) is 139 Å². The third-order valence-corrected chi connectivity index (χ3v) is 21.4. The zero-order valence-corrected chi connectivity index (χ0v) is 65.0. The Bertz CT molecular complexity index is 4710. The fourth-order valence-corrected chi connectivity index (χ4v) is 15.7. The Labute approximate surface area is 635 Å². The fourth-order valence-electron chi connectivity index (χ4n) is 11.6. The summed E-state index contributed by atoms with van der Waals surface area (Å²) in [7, 11) is -4.88. The smallest absolute Gasteiger partial charge is 0.325 e. The number of nitrogens with one attached hydrogen (secondary N) is 3. The number of anilines is 3. The first-order valence-corrected chi connectivity index (χ1v) is 38.7. The Kier molecular flexibility index (Phi) is 23.8. The third kappa shape index (κ3) is 20.5. The van der Waals surface area contributed by atoms with Gasteiger partial charge >= 0.3 is 7.82 Å². The van der Waals surface area contributed by atoms with Crippen molar-refractivity contribution in [3.63, 3.8) is 0 Å². The third-order valence-electron chi connectivity index (χ3n) is 16.5. The Morgan fingerprint density at radius 3 is 0.869 bits per heavy atom. The van der Waals surface area contributed by atoms with Gasteiger partial charge < -0.3 is 16.0 Å². The van der Waals surface area contributed by atoms with Gasteiger partial charge in [0.05, 0.1) is 36.3 Å². The summed E-state index contributed by atoms with van der Waals surface area (Å²) in [6.45, 7) is 23.4. The lowest BCUT2D eigenvalue weighted by Gasteiger charge is -2.21. The minimum Gasteiger partial charge on any atom is -0.325 e. The molecular formula is C81H84N15O7PS3. The van der Waals surface area contributed by atoms with Crippen LogP contribution in [0.3, 0.4) is 0 Å². The van der Waals surface area contributed by atoms with Gasteiger partial charge in [0.25, 0.3) is 0 Å². The van der Waals surface area contributed by atoms with Crippen molar-refractivity contribution in [3.8, 4) is 67.5 Å². The molecule has 0 spiro atoms. The van der Waals surface area contributed by atoms with Gasteiger partial charge in [-0.2, -0.15) is 14.0 Å². The van der Waals surface area contributed by atoms with Crippen molar-refractivity contribution < 1.29 is 32.5 Å². The Hall–Kier alpha value is -10.2. The molecule has 3 heterocycles. The van der Waals surface area contributed by atoms with Gasteiger partial charge in [-0.3, -0.25) is 28.0 Å². The molecule has 3 aromatic heterocycles. The highest BCUT2D eigenvalue weighted by Crippen LogP contribution is 2.52. The van der Waals surface area contributed by atoms with Crippen LogP contribution in [0.1, 0.15) is 95.7 Å². The van der Waals surface area contributed by atoms with Gasteiger partial charge in [0, 0.05) is 45.6 Å². The van der Waals surface area contributed by atoms with E-state index in [0.29, 0.717) is 33.8 Å². The molecule has 0 radical (unpaired) electrons. The summed E-state index contributed by atoms with van der Waals surface area (Å²) in [5, 5.41) is 48.3. The number of thioether (sulfide) groups is 3. The molecule has 0 unspecified atom stereocenters. The minimum absolute atomic E-state index is 0.167. The number of carbonyl (C=O) groups is 3. The van der Waals surface area contributed by atoms with Crippen molar-refractivity contribution in [1.82, 2.24) is 60.6 Å². The first-order valence-electron chi connectivity index (χ1n) is 34.8. The normalized spacial score (nSPS) is 12.0. The van der Waals surface area contributed by atoms with Crippen LogP contribution in [0.25, 0.3) is 67.5 Å². The Morgan fingerprint density at radius 2 is 0.617 bits per heavy atom. The molecule has 26 heteroatoms. The van der Waals surface area contributed by atoms with Crippen LogP contribution in [-0.2, 0) is 72.0 Å². The van der Waals surface area contributed by atoms with Crippen LogP contribution in [0, 0.1) is 20.8 Å². The quantitative estimate of drug-likeness (QED) is 0.0319. The molecule has 0 saturated carbocycles. The number of aromatic nitrogens is 12. The van der Waals surface area contributed by atoms with E-state index in [1.165, 1.54) is 14.0 Å². The van der Waals surface area contributed by atoms with E-state index in [2.05, 4.69) is 125 Å². The summed E-state index contributed by atoms with van der Waals surface area (Å²) >= 11 is 4.92. The van der Waals surface area contributed by atoms with Crippen molar-refractivity contribution in [2.45, 2.75) is 151 Å². The average Bonchev–Trinajstić information content (AvgIpc) is 1.79. The predicted molar refractivity (Wildman–Crippen MR) is 424 cm³/mol. The van der Waals surface area contributed by atoms with E-state index < -0.39 is 28.0 Å². The number of aryl methyl sites for hydroxylation is 3. The Morgan fingerprint density at radius 1 is 0.364 bits per heavy atom. The second kappa shape index (κ2) is 33.3. The van der Waals surface area contributed by atoms with Crippen molar-refractivity contribution in [2.24, 2.45) is 0 Å². The fraction of sp³-hybridized carbons (Fsp3) is 0.259. The molecule has 3 amide bonds. The molecule has 0 saturated heterocycles. The number of tetrazole rings is 3. The molecule has 0 aliphatic heterocycles. The molecule has 0 bridgehead atoms. The molecule has 22 nitrogen and oxygen atoms in total. The highest BCUT2D eigenvalue weighted by molar-refractivity contribution is 8.01. The number of hydrogen-bond acceptors (Lipinski definition) is 19. The first kappa shape index (κ1) is 76.4. The van der Waals surface area contributed by atoms with Gasteiger partial charge in [0.2, 0.25) is 17.7 Å². The van der Waals surface area contributed by atoms with Gasteiger partial charge in [-0.25, -0.2) is 4.57 Å². The van der Waals surface area contributed by atoms with E-state index in [0.717, 1.165) is 81.4 Å². The Balaban J connectivity index is 0.860. The van der Waals surface area contributed by atoms with E-state index in [1.807, 2.05) is 221 Å². The molecule has 0 aliphatic rings. The highest BCUT2D eigenvalue weighted by Gasteiger charge is 2.32. The second-order valence-corrected chi connectivity index (χ2v) is 36.0. The van der Waals surface area contributed by atoms with Crippen LogP contribution < -0.4 is 16.0 Å². The van der Waals surface area contributed by atoms with Crippen LogP contribution in [0.4, 0.5) is 17.1 Å². The van der Waals surface area contributed by atoms with Crippen LogP contribution >= 0.6 is 43.1 Å². The monoisotopic (exact) mass is 1510 g/mol. The number of phosphoric acid groups is 1. The SMILES string of the molecule is Cc1ccc(CC(=O)Nc2cc(-c3ccccc3-c3nnnn3COP(=O)(OCn3nnnc3-c3ccccc3-c3ccc(SC(C)(C)C)c(NC(=O)Cc4ccc(C)cc4)c3)OCn3nnnc3-c3ccccc3-c3ccc(SC(C)(C)C)c(NC(=O)Cc4ccc(C)cc4)c3)ccc2SC(C)(C)C)cc1. The maximum absolute atomic E-state index is 15.8. The van der Waals surface area contributed by atoms with Crippen LogP contribution in [-0.4, -0.2) is 92.6 Å². The van der Waals surface area contributed by atoms with Crippen LogP contribution in [0.2, 0.25) is 0 Å². The summed E-state index contributed by atoms with van der Waals surface area (Å²) in [5.74, 6) is 0.212. The number of hydrogen-bond donors (Lipinski definition) is 3. The van der Waals surface area contributed by atoms with E-state index >= 15 is 4.57 Å². The largest absolute Gasteiger partial charge is 0.480 e. The van der Waals surface area contributed by atoms with E-state index in [1.54, 1.807) is 35.3 Å². The van der Waals surface area contributed by atoms with Gasteiger partial charge in [-0.15, -0.1) is 50.6 Å². The minimum atomic E-state index is -4.88. The van der Waals surface area contributed by atoms with Crippen LogP contribution in [0.15, 0.2) is 215 Å². The van der Waals surface area contributed by atoms with E-state index in [-0.39, 0.29) is 68.7 Å². The molecule has 0 aliphatic carbocycles. The first-order chi connectivity index (χ1) is 51.1. The summed E-state index contributed by atoms with van der Waals surface area (Å²) in [6.07, 6.45) is 0.546. The lowest BCUT2D eigenvalue weighted by atomic mass is 9.98. The lowest BCUT2D eigenvalue weighted by Crippen LogP contribution is -2.16. The van der Waals surface area contributed by atoms with Gasteiger partial charge in [-0.1, -0.05) is 243 Å². The average molecular weight is 1510 g/mol. The van der Waals surface area contributed by atoms with E-state index in [4.69, 9.17) is 13.6 Å². The molecule has 0 atom stereocenters. The summed E-state index contributed by atoms with van der Waals surface area (Å²) < 4.78 is 38.3. The van der Waals surface area contributed by atoms with Crippen molar-refractivity contribution in [3.05, 3.63) is 234 Å². The molecule has 12 aromatic rings. The number of carbonyl (C=O) groups excluding carboxylic acids is 3. The van der Waals surface area contributed by atoms with E-state index in [9.17, 15) is 14.4 Å². The number of amides is 3. The summed E-state index contributed by atoms with van der Waals surface area (Å²) in [5.41, 5.74) is 14.1. The van der Waals surface area contributed by atoms with Crippen molar-refractivity contribution in [1.29, 1.82) is 0 Å². The standard InChI is InChI=1S/C81H84N15O7PS3/c1-52-25-31-55(32-26-52)43-73(97)82-67-46-58(37-40-70(67)105-79(4,5)6)61-19-13-16-22-64(61)76-85-88-91-94(76)49-101-104(100,102-50-95-77(86-89-92-95)65-23-17-14-20-62(65)59-38-41-71(106-80(7,8)9)68(47-59)83-74(98)44-56-33-27-53(2)28-34-56)103-51-96-78(87-90-93-96)66-24-18-15-21-63(66)60-39-42-72(107-81(10,11)12)69(48-60)84-75(99)45-57-35-29-54(3)30-36-57/h13-42,46-48H,43-45,49-51H2,1-12H3,(H,82,97)(H,83,98)(H,84,99). The lowest BCUT2D eigenvalue weighted by molar-refractivity contribution is -0.116. The molecule has 3 N–H and O–H groups in total. The molecule has 9 aromatic carbocycles. The molecular weight excluding hydrogens is 1420 g/mol. The topological polar surface area (TPSA) is 263 Å². The number of phosphoric ester groups is 1. The number of rotatable bonds is 27. The predicted octanol–water partition coefficient (Wildman–Crippen LogP) is 18.2. The summed E-state index contributed by atoms with van der Waals surface area (Å²) in [4.78, 5) is 44.1. The van der Waals surface area contributed by atoms with Gasteiger partial charge in [0.1, 0.15) is 0 Å². The second-order valence-electron chi connectivity index (χ2n) is 28.8. The number of benzene rings is 9. The highest BCUT2D eigenvalue weighted by atomic mass is 32.2. The summed E-state index contributed by atoms with van der Waals surface area (Å²) in [6, 6.07) is 64.1. The number of nitrogens with zero attached hydrogens (tertiary/aromatic N) is 12. The maximum atomic E-state index is 15.8. The molecule has 107 heavy (non-hydrogen) atoms. The molecule has 12 rings (SSSR count). The van der Waals surface area contributed by atoms with Crippen LogP contribution in [0.5, 0.6) is 0 Å².